The molecule has 0 saturated heterocycles. The molecule has 6 heteroatoms. The fourth-order valence-corrected chi connectivity index (χ4v) is 9.03. The Morgan fingerprint density at radius 2 is 0.701 bits per heavy atom. The monoisotopic (exact) mass is 942 g/mol. The molecular formula is C61H115NO5. The third-order valence-electron chi connectivity index (χ3n) is 13.6. The van der Waals surface area contributed by atoms with Crippen molar-refractivity contribution < 1.29 is 24.5 Å². The first-order chi connectivity index (χ1) is 33.0. The fraction of sp³-hybridized carbons (Fsp3) is 0.869. The summed E-state index contributed by atoms with van der Waals surface area (Å²) in [5.74, 6) is -0.0726. The molecule has 2 atom stereocenters. The minimum absolute atomic E-state index is 0.00146. The van der Waals surface area contributed by atoms with Gasteiger partial charge in [0.15, 0.2) is 0 Å². The van der Waals surface area contributed by atoms with Gasteiger partial charge in [-0.05, 0) is 83.5 Å². The van der Waals surface area contributed by atoms with Crippen LogP contribution in [-0.4, -0.2) is 47.4 Å². The lowest BCUT2D eigenvalue weighted by molar-refractivity contribution is -0.143. The van der Waals surface area contributed by atoms with Gasteiger partial charge in [-0.3, -0.25) is 9.59 Å². The van der Waals surface area contributed by atoms with Crippen LogP contribution >= 0.6 is 0 Å². The van der Waals surface area contributed by atoms with Crippen molar-refractivity contribution in [2.45, 2.75) is 328 Å². The van der Waals surface area contributed by atoms with Crippen LogP contribution in [0.25, 0.3) is 0 Å². The van der Waals surface area contributed by atoms with Crippen LogP contribution in [0.4, 0.5) is 0 Å². The van der Waals surface area contributed by atoms with E-state index >= 15 is 0 Å². The Kier molecular flexibility index (Phi) is 55.0. The van der Waals surface area contributed by atoms with Crippen molar-refractivity contribution in [3.63, 3.8) is 0 Å². The molecule has 394 valence electrons. The van der Waals surface area contributed by atoms with Gasteiger partial charge < -0.3 is 20.3 Å². The number of hydrogen-bond acceptors (Lipinski definition) is 5. The lowest BCUT2D eigenvalue weighted by Gasteiger charge is -2.20. The third kappa shape index (κ3) is 53.3. The summed E-state index contributed by atoms with van der Waals surface area (Å²) in [6, 6.07) is -0.632. The van der Waals surface area contributed by atoms with Gasteiger partial charge in [-0.2, -0.15) is 0 Å². The lowest BCUT2D eigenvalue weighted by Crippen LogP contribution is -2.45. The maximum absolute atomic E-state index is 12.4. The minimum Gasteiger partial charge on any atom is -0.466 e. The maximum atomic E-state index is 12.4. The van der Waals surface area contributed by atoms with E-state index in [-0.39, 0.29) is 18.5 Å². The molecule has 0 aliphatic rings. The minimum atomic E-state index is -0.848. The SMILES string of the molecule is CCCCCC/C=C\CCCCCCCC(=O)OCCCCCCCCCCCCCC/C=C\CCCCCCCCCC(=O)NC(CO)C(O)/C=C/CCCCCCCCCCCCCC. The van der Waals surface area contributed by atoms with Gasteiger partial charge in [-0.15, -0.1) is 0 Å². The van der Waals surface area contributed by atoms with Crippen LogP contribution in [-0.2, 0) is 14.3 Å². The molecule has 0 saturated carbocycles. The summed E-state index contributed by atoms with van der Waals surface area (Å²) in [6.07, 6.45) is 70.3. The van der Waals surface area contributed by atoms with Gasteiger partial charge in [0.2, 0.25) is 5.91 Å². The first kappa shape index (κ1) is 65.1. The van der Waals surface area contributed by atoms with Crippen LogP contribution in [0, 0.1) is 0 Å². The second kappa shape index (κ2) is 56.7. The highest BCUT2D eigenvalue weighted by atomic mass is 16.5. The average molecular weight is 943 g/mol. The molecule has 0 heterocycles. The molecule has 3 N–H and O–H groups in total. The molecule has 0 aromatic heterocycles. The number of carbonyl (C=O) groups is 2. The molecule has 0 spiro atoms. The first-order valence-corrected chi connectivity index (χ1v) is 29.8. The van der Waals surface area contributed by atoms with Gasteiger partial charge in [-0.1, -0.05) is 256 Å². The molecule has 6 nitrogen and oxygen atoms in total. The number of amides is 1. The summed E-state index contributed by atoms with van der Waals surface area (Å²) in [4.78, 5) is 24.5. The standard InChI is InChI=1S/C61H115NO5/c1-3-5-7-9-11-13-15-17-30-33-37-41-45-49-53-59(64)58(57-63)62-60(65)54-50-46-42-38-34-31-27-25-23-21-19-18-20-22-24-26-28-32-36-40-44-48-52-56-67-61(66)55-51-47-43-39-35-29-16-14-12-10-8-6-4-2/h14,16,21,23,49,53,58-59,63-64H,3-13,15,17-20,22,24-48,50-52,54-57H2,1-2H3,(H,62,65)/b16-14-,23-21-,53-49+. The summed E-state index contributed by atoms with van der Waals surface area (Å²) >= 11 is 0. The van der Waals surface area contributed by atoms with Crippen LogP contribution in [0.5, 0.6) is 0 Å². The Hall–Kier alpha value is -1.92. The van der Waals surface area contributed by atoms with Crippen LogP contribution < -0.4 is 5.32 Å². The molecule has 0 radical (unpaired) electrons. The molecule has 0 bridgehead atoms. The number of unbranched alkanes of at least 4 members (excludes halogenated alkanes) is 40. The average Bonchev–Trinajstić information content (AvgIpc) is 3.33. The van der Waals surface area contributed by atoms with Gasteiger partial charge >= 0.3 is 5.97 Å². The number of carbonyl (C=O) groups excluding carboxylic acids is 2. The van der Waals surface area contributed by atoms with E-state index < -0.39 is 12.1 Å². The van der Waals surface area contributed by atoms with Crippen LogP contribution in [0.2, 0.25) is 0 Å². The van der Waals surface area contributed by atoms with Crippen molar-refractivity contribution in [2.75, 3.05) is 13.2 Å². The Morgan fingerprint density at radius 1 is 0.403 bits per heavy atom. The van der Waals surface area contributed by atoms with E-state index in [1.807, 2.05) is 6.08 Å². The Bertz CT molecular complexity index is 1090. The Balaban J connectivity index is 3.44. The number of aliphatic hydroxyl groups excluding tert-OH is 2. The van der Waals surface area contributed by atoms with Gasteiger partial charge in [0.1, 0.15) is 0 Å². The summed E-state index contributed by atoms with van der Waals surface area (Å²) in [7, 11) is 0. The van der Waals surface area contributed by atoms with Gasteiger partial charge in [0, 0.05) is 12.8 Å². The molecule has 0 aromatic carbocycles. The second-order valence-electron chi connectivity index (χ2n) is 20.3. The number of ether oxygens (including phenoxy) is 1. The van der Waals surface area contributed by atoms with Crippen molar-refractivity contribution in [2.24, 2.45) is 0 Å². The Morgan fingerprint density at radius 3 is 1.07 bits per heavy atom. The highest BCUT2D eigenvalue weighted by Gasteiger charge is 2.18. The number of esters is 1. The molecule has 67 heavy (non-hydrogen) atoms. The maximum Gasteiger partial charge on any atom is 0.305 e. The smallest absolute Gasteiger partial charge is 0.305 e. The molecule has 1 amide bonds. The number of nitrogens with one attached hydrogen (secondary N) is 1. The van der Waals surface area contributed by atoms with Crippen LogP contribution in [0.3, 0.4) is 0 Å². The zero-order valence-corrected chi connectivity index (χ0v) is 44.9. The van der Waals surface area contributed by atoms with Crippen molar-refractivity contribution in [1.82, 2.24) is 5.32 Å². The van der Waals surface area contributed by atoms with E-state index in [0.29, 0.717) is 19.4 Å². The zero-order chi connectivity index (χ0) is 48.6. The number of hydrogen-bond donors (Lipinski definition) is 3. The molecule has 0 aliphatic carbocycles. The van der Waals surface area contributed by atoms with E-state index in [2.05, 4.69) is 43.5 Å². The van der Waals surface area contributed by atoms with Crippen LogP contribution in [0.15, 0.2) is 36.5 Å². The Labute approximate surface area is 417 Å². The first-order valence-electron chi connectivity index (χ1n) is 29.8. The quantitative estimate of drug-likeness (QED) is 0.0321. The predicted molar refractivity (Wildman–Crippen MR) is 292 cm³/mol. The predicted octanol–water partition coefficient (Wildman–Crippen LogP) is 18.4. The highest BCUT2D eigenvalue weighted by Crippen LogP contribution is 2.16. The second-order valence-corrected chi connectivity index (χ2v) is 20.3. The summed E-state index contributed by atoms with van der Waals surface area (Å²) in [5, 5.41) is 23.1. The van der Waals surface area contributed by atoms with Crippen molar-refractivity contribution >= 4 is 11.9 Å². The third-order valence-corrected chi connectivity index (χ3v) is 13.6. The van der Waals surface area contributed by atoms with Crippen molar-refractivity contribution in [1.29, 1.82) is 0 Å². The number of aliphatic hydroxyl groups is 2. The van der Waals surface area contributed by atoms with E-state index in [0.717, 1.165) is 51.4 Å². The van der Waals surface area contributed by atoms with E-state index in [4.69, 9.17) is 4.74 Å². The highest BCUT2D eigenvalue weighted by molar-refractivity contribution is 5.76. The number of allylic oxidation sites excluding steroid dienone is 5. The van der Waals surface area contributed by atoms with Gasteiger partial charge in [-0.25, -0.2) is 0 Å². The van der Waals surface area contributed by atoms with Crippen molar-refractivity contribution in [3.05, 3.63) is 36.5 Å². The number of rotatable bonds is 55. The van der Waals surface area contributed by atoms with Crippen molar-refractivity contribution in [3.8, 4) is 0 Å². The van der Waals surface area contributed by atoms with E-state index in [9.17, 15) is 19.8 Å². The summed E-state index contributed by atoms with van der Waals surface area (Å²) in [5.41, 5.74) is 0. The van der Waals surface area contributed by atoms with E-state index in [1.165, 1.54) is 238 Å². The lowest BCUT2D eigenvalue weighted by atomic mass is 10.0. The molecule has 0 aromatic rings. The largest absolute Gasteiger partial charge is 0.466 e. The molecular weight excluding hydrogens is 827 g/mol. The van der Waals surface area contributed by atoms with E-state index in [1.54, 1.807) is 6.08 Å². The summed E-state index contributed by atoms with van der Waals surface area (Å²) < 4.78 is 5.47. The summed E-state index contributed by atoms with van der Waals surface area (Å²) in [6.45, 7) is 4.89. The zero-order valence-electron chi connectivity index (χ0n) is 44.9. The topological polar surface area (TPSA) is 95.9 Å². The normalized spacial score (nSPS) is 12.8. The molecule has 2 unspecified atom stereocenters. The molecule has 0 rings (SSSR count). The molecule has 0 aliphatic heterocycles. The van der Waals surface area contributed by atoms with Gasteiger partial charge in [0.25, 0.3) is 0 Å². The van der Waals surface area contributed by atoms with Crippen LogP contribution in [0.1, 0.15) is 316 Å². The van der Waals surface area contributed by atoms with Gasteiger partial charge in [0.05, 0.1) is 25.4 Å². The fourth-order valence-electron chi connectivity index (χ4n) is 9.03. The molecule has 0 fully saturated rings.